The molecule has 26 heavy (non-hydrogen) atoms. The van der Waals surface area contributed by atoms with Gasteiger partial charge in [0, 0.05) is 38.9 Å². The van der Waals surface area contributed by atoms with E-state index in [1.165, 1.54) is 32.4 Å². The van der Waals surface area contributed by atoms with Crippen LogP contribution in [0.5, 0.6) is 0 Å². The van der Waals surface area contributed by atoms with Crippen LogP contribution in [-0.4, -0.2) is 89.8 Å². The minimum Gasteiger partial charge on any atom is -0.395 e. The fourth-order valence-corrected chi connectivity index (χ4v) is 3.21. The Labute approximate surface area is 156 Å². The highest BCUT2D eigenvalue weighted by atomic mass is 16.3. The molecule has 2 rings (SSSR count). The Morgan fingerprint density at radius 1 is 1.15 bits per heavy atom. The zero-order valence-electron chi connectivity index (χ0n) is 15.6. The maximum Gasteiger partial charge on any atom is 0.194 e. The second kappa shape index (κ2) is 12.1. The first kappa shape index (κ1) is 20.9. The van der Waals surface area contributed by atoms with Crippen LogP contribution >= 0.6 is 0 Å². The van der Waals surface area contributed by atoms with E-state index in [-0.39, 0.29) is 19.0 Å². The molecule has 2 heterocycles. The van der Waals surface area contributed by atoms with Crippen molar-refractivity contribution in [1.29, 1.82) is 0 Å². The van der Waals surface area contributed by atoms with E-state index in [4.69, 9.17) is 10.2 Å². The maximum absolute atomic E-state index is 12.2. The van der Waals surface area contributed by atoms with Gasteiger partial charge >= 0.3 is 0 Å². The van der Waals surface area contributed by atoms with Crippen molar-refractivity contribution >= 4 is 5.78 Å². The Hall–Kier alpha value is -1.38. The first-order chi connectivity index (χ1) is 12.7. The molecule has 1 aromatic rings. The molecule has 146 valence electrons. The Balaban J connectivity index is 1.71. The number of piperidine rings is 1. The molecule has 0 saturated carbocycles. The molecule has 0 radical (unpaired) electrons. The molecule has 1 saturated heterocycles. The van der Waals surface area contributed by atoms with Gasteiger partial charge in [-0.05, 0) is 37.6 Å². The summed E-state index contributed by atoms with van der Waals surface area (Å²) in [7, 11) is 0. The molecule has 0 unspecified atom stereocenters. The number of ketones is 1. The molecule has 3 N–H and O–H groups in total. The van der Waals surface area contributed by atoms with Crippen LogP contribution in [0.4, 0.5) is 0 Å². The van der Waals surface area contributed by atoms with E-state index in [0.29, 0.717) is 31.9 Å². The molecule has 7 nitrogen and oxygen atoms in total. The van der Waals surface area contributed by atoms with Crippen molar-refractivity contribution in [3.8, 4) is 0 Å². The zero-order chi connectivity index (χ0) is 18.6. The molecule has 0 spiro atoms. The normalized spacial score (nSPS) is 15.5. The zero-order valence-corrected chi connectivity index (χ0v) is 15.6. The van der Waals surface area contributed by atoms with Crippen molar-refractivity contribution in [3.05, 3.63) is 29.6 Å². The second-order valence-electron chi connectivity index (χ2n) is 6.78. The molecule has 0 bridgehead atoms. The number of carbonyl (C=O) groups excluding carboxylic acids is 1. The summed E-state index contributed by atoms with van der Waals surface area (Å²) in [4.78, 5) is 20.9. The first-order valence-corrected chi connectivity index (χ1v) is 9.58. The summed E-state index contributed by atoms with van der Waals surface area (Å²) >= 11 is 0. The minimum absolute atomic E-state index is 0.00207. The molecule has 0 aromatic carbocycles. The van der Waals surface area contributed by atoms with Gasteiger partial charge in [0.1, 0.15) is 5.69 Å². The van der Waals surface area contributed by atoms with Gasteiger partial charge in [0.05, 0.1) is 19.8 Å². The third-order valence-electron chi connectivity index (χ3n) is 4.69. The van der Waals surface area contributed by atoms with Crippen LogP contribution in [0, 0.1) is 0 Å². The van der Waals surface area contributed by atoms with Crippen molar-refractivity contribution in [1.82, 2.24) is 20.1 Å². The number of aliphatic hydroxyl groups is 2. The van der Waals surface area contributed by atoms with Crippen LogP contribution in [0.3, 0.4) is 0 Å². The van der Waals surface area contributed by atoms with Gasteiger partial charge in [-0.1, -0.05) is 12.5 Å². The second-order valence-corrected chi connectivity index (χ2v) is 6.78. The Bertz CT molecular complexity index is 512. The van der Waals surface area contributed by atoms with Crippen molar-refractivity contribution < 1.29 is 15.0 Å². The molecule has 1 aliphatic rings. The summed E-state index contributed by atoms with van der Waals surface area (Å²) < 4.78 is 0. The Kier molecular flexibility index (Phi) is 9.73. The quantitative estimate of drug-likeness (QED) is 0.359. The predicted octanol–water partition coefficient (Wildman–Crippen LogP) is 0.126. The molecule has 7 heteroatoms. The number of aliphatic hydroxyl groups excluding tert-OH is 2. The lowest BCUT2D eigenvalue weighted by Crippen LogP contribution is -2.37. The summed E-state index contributed by atoms with van der Waals surface area (Å²) in [5, 5.41) is 21.3. The maximum atomic E-state index is 12.2. The van der Waals surface area contributed by atoms with Crippen LogP contribution < -0.4 is 5.32 Å². The van der Waals surface area contributed by atoms with Crippen LogP contribution in [-0.2, 0) is 6.54 Å². The topological polar surface area (TPSA) is 88.9 Å². The number of hydrogen-bond acceptors (Lipinski definition) is 7. The molecular weight excluding hydrogens is 332 g/mol. The number of aromatic nitrogens is 1. The average molecular weight is 364 g/mol. The summed E-state index contributed by atoms with van der Waals surface area (Å²) in [6.07, 6.45) is 5.59. The van der Waals surface area contributed by atoms with Gasteiger partial charge in [-0.2, -0.15) is 0 Å². The van der Waals surface area contributed by atoms with Gasteiger partial charge in [0.2, 0.25) is 0 Å². The van der Waals surface area contributed by atoms with Crippen LogP contribution in [0.15, 0.2) is 18.3 Å². The monoisotopic (exact) mass is 364 g/mol. The highest BCUT2D eigenvalue weighted by molar-refractivity contribution is 5.95. The molecule has 1 aromatic heterocycles. The summed E-state index contributed by atoms with van der Waals surface area (Å²) in [5.41, 5.74) is 1.43. The molecular formula is C19H32N4O3. The van der Waals surface area contributed by atoms with E-state index in [0.717, 1.165) is 18.7 Å². The van der Waals surface area contributed by atoms with E-state index in [9.17, 15) is 4.79 Å². The molecule has 1 aliphatic heterocycles. The number of hydrogen-bond donors (Lipinski definition) is 3. The SMILES string of the molecule is O=C(CNCCN1CCCCC1)c1ccc(CN(CCO)CCO)cn1. The number of carbonyl (C=O) groups is 1. The van der Waals surface area contributed by atoms with Gasteiger partial charge in [-0.3, -0.25) is 14.7 Å². The largest absolute Gasteiger partial charge is 0.395 e. The van der Waals surface area contributed by atoms with E-state index in [1.807, 2.05) is 11.0 Å². The molecule has 1 fully saturated rings. The summed E-state index contributed by atoms with van der Waals surface area (Å²) in [6, 6.07) is 3.63. The molecule has 0 aliphatic carbocycles. The third kappa shape index (κ3) is 7.47. The lowest BCUT2D eigenvalue weighted by atomic mass is 10.1. The van der Waals surface area contributed by atoms with Gasteiger partial charge in [-0.15, -0.1) is 0 Å². The number of nitrogens with one attached hydrogen (secondary N) is 1. The number of rotatable bonds is 12. The average Bonchev–Trinajstić information content (AvgIpc) is 2.67. The predicted molar refractivity (Wildman–Crippen MR) is 101 cm³/mol. The van der Waals surface area contributed by atoms with Crippen LogP contribution in [0.2, 0.25) is 0 Å². The van der Waals surface area contributed by atoms with E-state index >= 15 is 0 Å². The molecule has 0 atom stereocenters. The molecule has 0 amide bonds. The highest BCUT2D eigenvalue weighted by Gasteiger charge is 2.11. The standard InChI is InChI=1S/C19H32N4O3/c24-12-10-23(11-13-25)16-17-4-5-18(21-14-17)19(26)15-20-6-9-22-7-2-1-3-8-22/h4-5,14,20,24-25H,1-3,6-13,15-16H2. The fourth-order valence-electron chi connectivity index (χ4n) is 3.21. The number of pyridine rings is 1. The highest BCUT2D eigenvalue weighted by Crippen LogP contribution is 2.07. The Morgan fingerprint density at radius 2 is 1.88 bits per heavy atom. The van der Waals surface area contributed by atoms with Crippen molar-refractivity contribution in [2.24, 2.45) is 0 Å². The summed E-state index contributed by atoms with van der Waals surface area (Å²) in [6.45, 7) is 6.15. The number of likely N-dealkylation sites (tertiary alicyclic amines) is 1. The van der Waals surface area contributed by atoms with Gasteiger partial charge in [0.25, 0.3) is 0 Å². The van der Waals surface area contributed by atoms with Crippen LogP contribution in [0.25, 0.3) is 0 Å². The van der Waals surface area contributed by atoms with E-state index in [1.54, 1.807) is 12.3 Å². The van der Waals surface area contributed by atoms with Crippen molar-refractivity contribution in [3.63, 3.8) is 0 Å². The number of Topliss-reactive ketones (excluding diaryl/α,β-unsaturated/α-hetero) is 1. The summed E-state index contributed by atoms with van der Waals surface area (Å²) in [5.74, 6) is -0.00207. The first-order valence-electron chi connectivity index (χ1n) is 9.58. The van der Waals surface area contributed by atoms with Gasteiger partial charge in [-0.25, -0.2) is 0 Å². The van der Waals surface area contributed by atoms with Crippen LogP contribution in [0.1, 0.15) is 35.3 Å². The lowest BCUT2D eigenvalue weighted by molar-refractivity contribution is 0.0985. The van der Waals surface area contributed by atoms with E-state index in [2.05, 4.69) is 15.2 Å². The lowest BCUT2D eigenvalue weighted by Gasteiger charge is -2.26. The van der Waals surface area contributed by atoms with Gasteiger partial charge < -0.3 is 20.4 Å². The van der Waals surface area contributed by atoms with Gasteiger partial charge in [0.15, 0.2) is 5.78 Å². The number of nitrogens with zero attached hydrogens (tertiary/aromatic N) is 3. The Morgan fingerprint density at radius 3 is 2.50 bits per heavy atom. The third-order valence-corrected chi connectivity index (χ3v) is 4.69. The van der Waals surface area contributed by atoms with Crippen molar-refractivity contribution in [2.45, 2.75) is 25.8 Å². The fraction of sp³-hybridized carbons (Fsp3) is 0.684. The minimum atomic E-state index is -0.00207. The smallest absolute Gasteiger partial charge is 0.194 e. The van der Waals surface area contributed by atoms with Crippen molar-refractivity contribution in [2.75, 3.05) is 59.0 Å². The van der Waals surface area contributed by atoms with E-state index < -0.39 is 0 Å².